The predicted molar refractivity (Wildman–Crippen MR) is 140 cm³/mol. The van der Waals surface area contributed by atoms with Crippen LogP contribution in [0.5, 0.6) is 0 Å². The van der Waals surface area contributed by atoms with Crippen molar-refractivity contribution in [2.45, 2.75) is 48.5 Å². The summed E-state index contributed by atoms with van der Waals surface area (Å²) in [5, 5.41) is 46.5. The predicted octanol–water partition coefficient (Wildman–Crippen LogP) is 0.208. The number of fused-ring (bicyclic) bond motifs is 1. The van der Waals surface area contributed by atoms with E-state index in [1.807, 2.05) is 0 Å². The Bertz CT molecular complexity index is 1460. The van der Waals surface area contributed by atoms with Gasteiger partial charge in [0.15, 0.2) is 34.6 Å². The average Bonchev–Trinajstić information content (AvgIpc) is 3.75. The molecule has 16 heteroatoms. The molecule has 0 spiro atoms. The Morgan fingerprint density at radius 2 is 2.05 bits per heavy atom. The van der Waals surface area contributed by atoms with Gasteiger partial charge in [-0.05, 0) is 29.3 Å². The number of carbonyl (C=O) groups is 1. The van der Waals surface area contributed by atoms with Crippen molar-refractivity contribution >= 4 is 40.7 Å². The minimum atomic E-state index is -1.63. The molecule has 210 valence electrons. The summed E-state index contributed by atoms with van der Waals surface area (Å²) in [6, 6.07) is 6.47. The average molecular weight is 572 g/mol. The summed E-state index contributed by atoms with van der Waals surface area (Å²) in [4.78, 5) is 26.9. The number of aliphatic hydroxyl groups excluding tert-OH is 3. The van der Waals surface area contributed by atoms with E-state index in [4.69, 9.17) is 36.8 Å². The zero-order valence-corrected chi connectivity index (χ0v) is 21.7. The van der Waals surface area contributed by atoms with Gasteiger partial charge in [0.1, 0.15) is 24.2 Å². The number of rotatable bonds is 8. The lowest BCUT2D eigenvalue weighted by Gasteiger charge is -2.28. The Hall–Kier alpha value is -3.60. The Labute approximate surface area is 231 Å². The number of benzene rings is 1. The van der Waals surface area contributed by atoms with Gasteiger partial charge in [-0.3, -0.25) is 9.36 Å². The maximum Gasteiger partial charge on any atom is 0.228 e. The standard InChI is InChI=1S/C24H26ClN9O6/c25-12-3-1-11(2-4-12)15(19(26)38)24(9-28-33-32-24)23-30-20(29-13-5-6-39-8-13)16-21(31-23)34(10-27-16)22-18(37)17(36)14(7-35)40-22/h1-4,9-10,13-15,17-18,22,35-37H,5-8H2,(H2,26,38)(H,29,30,31)/t13-,14-,15?,17-,18+,22-,24?/m1/s1. The van der Waals surface area contributed by atoms with Gasteiger partial charge >= 0.3 is 0 Å². The second-order valence-electron chi connectivity index (χ2n) is 9.80. The molecule has 0 saturated carbocycles. The van der Waals surface area contributed by atoms with E-state index in [1.54, 1.807) is 24.3 Å². The summed E-state index contributed by atoms with van der Waals surface area (Å²) in [6.45, 7) is 0.510. The minimum absolute atomic E-state index is 0.0265. The molecular weight excluding hydrogens is 546 g/mol. The molecule has 3 aromatic rings. The molecule has 1 aromatic carbocycles. The van der Waals surface area contributed by atoms with Crippen LogP contribution in [0.4, 0.5) is 5.82 Å². The van der Waals surface area contributed by atoms with Crippen LogP contribution in [-0.2, 0) is 19.8 Å². The number of hydrogen-bond acceptors (Lipinski definition) is 13. The topological polar surface area (TPSA) is 215 Å². The highest BCUT2D eigenvalue weighted by Gasteiger charge is 2.50. The number of nitrogens with zero attached hydrogens (tertiary/aromatic N) is 7. The number of primary amides is 1. The fraction of sp³-hybridized carbons (Fsp3) is 0.458. The van der Waals surface area contributed by atoms with E-state index in [9.17, 15) is 20.1 Å². The fourth-order valence-corrected chi connectivity index (χ4v) is 5.35. The van der Waals surface area contributed by atoms with Gasteiger partial charge in [0.05, 0.1) is 31.8 Å². The first kappa shape index (κ1) is 26.6. The van der Waals surface area contributed by atoms with Crippen molar-refractivity contribution in [1.82, 2.24) is 19.5 Å². The van der Waals surface area contributed by atoms with Gasteiger partial charge < -0.3 is 35.8 Å². The van der Waals surface area contributed by atoms with Gasteiger partial charge in [0.2, 0.25) is 5.91 Å². The number of aliphatic hydroxyl groups is 3. The molecule has 6 rings (SSSR count). The molecular formula is C24H26ClN9O6. The first-order valence-corrected chi connectivity index (χ1v) is 12.9. The highest BCUT2D eigenvalue weighted by molar-refractivity contribution is 6.30. The normalized spacial score (nSPS) is 30.4. The van der Waals surface area contributed by atoms with Gasteiger partial charge in [0.25, 0.3) is 0 Å². The number of amides is 1. The van der Waals surface area contributed by atoms with Crippen LogP contribution in [0.1, 0.15) is 30.0 Å². The molecule has 1 amide bonds. The summed E-state index contributed by atoms with van der Waals surface area (Å²) in [7, 11) is 0. The number of carbonyl (C=O) groups excluding carboxylic acids is 1. The van der Waals surface area contributed by atoms with E-state index in [-0.39, 0.29) is 17.5 Å². The van der Waals surface area contributed by atoms with Crippen LogP contribution < -0.4 is 11.1 Å². The number of hydrogen-bond donors (Lipinski definition) is 5. The highest BCUT2D eigenvalue weighted by Crippen LogP contribution is 2.42. The highest BCUT2D eigenvalue weighted by atomic mass is 35.5. The number of nitrogens with two attached hydrogens (primary N) is 1. The molecule has 15 nitrogen and oxygen atoms in total. The Kier molecular flexibility index (Phi) is 6.93. The van der Waals surface area contributed by atoms with Crippen LogP contribution in [0.3, 0.4) is 0 Å². The van der Waals surface area contributed by atoms with Crippen LogP contribution in [0.15, 0.2) is 46.0 Å². The Morgan fingerprint density at radius 1 is 1.25 bits per heavy atom. The van der Waals surface area contributed by atoms with Crippen molar-refractivity contribution in [3.63, 3.8) is 0 Å². The van der Waals surface area contributed by atoms with Crippen molar-refractivity contribution in [2.24, 2.45) is 21.2 Å². The molecule has 6 N–H and O–H groups in total. The summed E-state index contributed by atoms with van der Waals surface area (Å²) in [5.41, 5.74) is 5.31. The second kappa shape index (κ2) is 10.4. The largest absolute Gasteiger partial charge is 0.394 e. The van der Waals surface area contributed by atoms with Crippen LogP contribution in [0.2, 0.25) is 5.02 Å². The molecule has 2 saturated heterocycles. The van der Waals surface area contributed by atoms with Gasteiger partial charge in [-0.2, -0.15) is 0 Å². The van der Waals surface area contributed by atoms with Crippen molar-refractivity contribution in [3.05, 3.63) is 47.0 Å². The molecule has 3 aliphatic heterocycles. The minimum Gasteiger partial charge on any atom is -0.394 e. The third-order valence-corrected chi connectivity index (χ3v) is 7.54. The number of nitrogens with one attached hydrogen (secondary N) is 1. The number of ether oxygens (including phenoxy) is 2. The van der Waals surface area contributed by atoms with E-state index >= 15 is 0 Å². The number of halogens is 1. The summed E-state index contributed by atoms with van der Waals surface area (Å²) < 4.78 is 12.7. The number of aromatic nitrogens is 4. The molecule has 2 unspecified atom stereocenters. The quantitative estimate of drug-likeness (QED) is 0.247. The summed E-state index contributed by atoms with van der Waals surface area (Å²) in [6.07, 6.45) is -1.40. The van der Waals surface area contributed by atoms with Crippen molar-refractivity contribution < 1.29 is 29.6 Å². The monoisotopic (exact) mass is 571 g/mol. The molecule has 0 bridgehead atoms. The lowest BCUT2D eigenvalue weighted by molar-refractivity contribution is -0.120. The van der Waals surface area contributed by atoms with Gasteiger partial charge in [0, 0.05) is 11.6 Å². The molecule has 7 atom stereocenters. The maximum absolute atomic E-state index is 13.0. The molecule has 2 aromatic heterocycles. The van der Waals surface area contributed by atoms with Crippen molar-refractivity contribution in [2.75, 3.05) is 25.1 Å². The SMILES string of the molecule is NC(=O)C(c1ccc(Cl)cc1)C1(c2nc(N[C@@H]3CCOC3)c3ncn([C@@H]4O[C@H](CO)[C@@H](O)[C@@H]4O)c3n2)C=NN=N1. The molecule has 0 aliphatic carbocycles. The van der Waals surface area contributed by atoms with E-state index in [1.165, 1.54) is 17.1 Å². The van der Waals surface area contributed by atoms with Crippen molar-refractivity contribution in [1.29, 1.82) is 0 Å². The lowest BCUT2D eigenvalue weighted by Crippen LogP contribution is -2.41. The van der Waals surface area contributed by atoms with Gasteiger partial charge in [-0.1, -0.05) is 23.7 Å². The molecule has 5 heterocycles. The van der Waals surface area contributed by atoms with E-state index < -0.39 is 48.5 Å². The van der Waals surface area contributed by atoms with Crippen LogP contribution in [0.25, 0.3) is 11.2 Å². The van der Waals surface area contributed by atoms with E-state index in [2.05, 4.69) is 25.7 Å². The fourth-order valence-electron chi connectivity index (χ4n) is 5.23. The molecule has 0 radical (unpaired) electrons. The second-order valence-corrected chi connectivity index (χ2v) is 10.2. The zero-order valence-electron chi connectivity index (χ0n) is 20.9. The maximum atomic E-state index is 13.0. The number of imidazole rings is 1. The van der Waals surface area contributed by atoms with E-state index in [0.29, 0.717) is 35.1 Å². The summed E-state index contributed by atoms with van der Waals surface area (Å²) in [5.74, 6) is -1.51. The smallest absolute Gasteiger partial charge is 0.228 e. The van der Waals surface area contributed by atoms with Crippen LogP contribution in [0, 0.1) is 0 Å². The summed E-state index contributed by atoms with van der Waals surface area (Å²) >= 11 is 6.08. The molecule has 2 fully saturated rings. The third-order valence-electron chi connectivity index (χ3n) is 7.29. The van der Waals surface area contributed by atoms with E-state index in [0.717, 1.165) is 6.42 Å². The Balaban J connectivity index is 1.53. The Morgan fingerprint density at radius 3 is 2.67 bits per heavy atom. The van der Waals surface area contributed by atoms with Crippen LogP contribution >= 0.6 is 11.6 Å². The third kappa shape index (κ3) is 4.40. The number of anilines is 1. The molecule has 40 heavy (non-hydrogen) atoms. The first-order chi connectivity index (χ1) is 19.3. The van der Waals surface area contributed by atoms with Gasteiger partial charge in [-0.15, -0.1) is 10.2 Å². The van der Waals surface area contributed by atoms with Gasteiger partial charge in [-0.25, -0.2) is 15.0 Å². The van der Waals surface area contributed by atoms with Crippen LogP contribution in [-0.4, -0.2) is 91.1 Å². The molecule has 3 aliphatic rings. The first-order valence-electron chi connectivity index (χ1n) is 12.6. The lowest BCUT2D eigenvalue weighted by atomic mass is 9.79. The zero-order chi connectivity index (χ0) is 28.0. The van der Waals surface area contributed by atoms with Crippen molar-refractivity contribution in [3.8, 4) is 0 Å².